The SMILES string of the molecule is Cc1ccc(CN(C(=O)CN(C)S(=O)(=O)c2ccc(C)cc2)C(C)C(=O)NC(C)(C)C)cc1. The number of hydrogen-bond acceptors (Lipinski definition) is 4. The zero-order valence-electron chi connectivity index (χ0n) is 20.5. The molecule has 2 amide bonds. The maximum Gasteiger partial charge on any atom is 0.243 e. The highest BCUT2D eigenvalue weighted by Crippen LogP contribution is 2.17. The van der Waals surface area contributed by atoms with E-state index in [1.165, 1.54) is 24.1 Å². The normalized spacial score (nSPS) is 13.0. The number of rotatable bonds is 8. The van der Waals surface area contributed by atoms with E-state index < -0.39 is 27.5 Å². The highest BCUT2D eigenvalue weighted by Gasteiger charge is 2.31. The topological polar surface area (TPSA) is 86.8 Å². The maximum atomic E-state index is 13.3. The third-order valence-corrected chi connectivity index (χ3v) is 7.04. The van der Waals surface area contributed by atoms with Crippen molar-refractivity contribution in [1.82, 2.24) is 14.5 Å². The van der Waals surface area contributed by atoms with Gasteiger partial charge in [0.1, 0.15) is 6.04 Å². The van der Waals surface area contributed by atoms with Crippen molar-refractivity contribution in [2.24, 2.45) is 0 Å². The van der Waals surface area contributed by atoms with Crippen molar-refractivity contribution in [3.05, 3.63) is 65.2 Å². The molecule has 0 heterocycles. The van der Waals surface area contributed by atoms with E-state index in [2.05, 4.69) is 5.32 Å². The Bertz CT molecular complexity index is 1070. The molecule has 1 N–H and O–H groups in total. The molecule has 33 heavy (non-hydrogen) atoms. The van der Waals surface area contributed by atoms with E-state index in [1.807, 2.05) is 58.9 Å². The number of likely N-dealkylation sites (N-methyl/N-ethyl adjacent to an activating group) is 1. The van der Waals surface area contributed by atoms with Crippen molar-refractivity contribution < 1.29 is 18.0 Å². The fourth-order valence-corrected chi connectivity index (χ4v) is 4.32. The van der Waals surface area contributed by atoms with Crippen LogP contribution in [0, 0.1) is 13.8 Å². The Morgan fingerprint density at radius 1 is 0.939 bits per heavy atom. The molecule has 0 bridgehead atoms. The highest BCUT2D eigenvalue weighted by molar-refractivity contribution is 7.89. The van der Waals surface area contributed by atoms with E-state index >= 15 is 0 Å². The van der Waals surface area contributed by atoms with Gasteiger partial charge in [0.05, 0.1) is 11.4 Å². The van der Waals surface area contributed by atoms with Gasteiger partial charge in [-0.15, -0.1) is 0 Å². The summed E-state index contributed by atoms with van der Waals surface area (Å²) in [7, 11) is -2.48. The Hall–Kier alpha value is -2.71. The molecule has 2 aromatic rings. The molecule has 0 aromatic heterocycles. The third kappa shape index (κ3) is 7.40. The number of benzene rings is 2. The summed E-state index contributed by atoms with van der Waals surface area (Å²) in [5.74, 6) is -0.752. The quantitative estimate of drug-likeness (QED) is 0.638. The molecule has 2 rings (SSSR count). The molecule has 7 nitrogen and oxygen atoms in total. The smallest absolute Gasteiger partial charge is 0.243 e. The summed E-state index contributed by atoms with van der Waals surface area (Å²) in [6.45, 7) is 10.9. The van der Waals surface area contributed by atoms with Crippen LogP contribution in [0.2, 0.25) is 0 Å². The summed E-state index contributed by atoms with van der Waals surface area (Å²) in [6.07, 6.45) is 0. The van der Waals surface area contributed by atoms with E-state index in [-0.39, 0.29) is 23.9 Å². The Kier molecular flexibility index (Phi) is 8.43. The van der Waals surface area contributed by atoms with Crippen LogP contribution in [-0.2, 0) is 26.2 Å². The van der Waals surface area contributed by atoms with Crippen LogP contribution in [0.4, 0.5) is 0 Å². The average Bonchev–Trinajstić information content (AvgIpc) is 2.71. The van der Waals surface area contributed by atoms with E-state index in [0.29, 0.717) is 0 Å². The van der Waals surface area contributed by atoms with Gasteiger partial charge in [-0.25, -0.2) is 8.42 Å². The summed E-state index contributed by atoms with van der Waals surface area (Å²) >= 11 is 0. The van der Waals surface area contributed by atoms with Crippen molar-refractivity contribution in [3.63, 3.8) is 0 Å². The average molecular weight is 474 g/mol. The van der Waals surface area contributed by atoms with Gasteiger partial charge in [0.25, 0.3) is 0 Å². The number of hydrogen-bond donors (Lipinski definition) is 1. The van der Waals surface area contributed by atoms with E-state index in [9.17, 15) is 18.0 Å². The molecule has 1 atom stereocenters. The predicted octanol–water partition coefficient (Wildman–Crippen LogP) is 3.26. The van der Waals surface area contributed by atoms with Crippen LogP contribution in [0.15, 0.2) is 53.4 Å². The van der Waals surface area contributed by atoms with Crippen LogP contribution in [-0.4, -0.2) is 54.6 Å². The number of amides is 2. The van der Waals surface area contributed by atoms with Crippen LogP contribution in [0.3, 0.4) is 0 Å². The van der Waals surface area contributed by atoms with Gasteiger partial charge in [0.2, 0.25) is 21.8 Å². The summed E-state index contributed by atoms with van der Waals surface area (Å²) in [5, 5.41) is 2.90. The van der Waals surface area contributed by atoms with Gasteiger partial charge < -0.3 is 10.2 Å². The zero-order valence-corrected chi connectivity index (χ0v) is 21.4. The lowest BCUT2D eigenvalue weighted by Gasteiger charge is -2.32. The van der Waals surface area contributed by atoms with Crippen molar-refractivity contribution in [1.29, 1.82) is 0 Å². The number of carbonyl (C=O) groups is 2. The molecule has 0 saturated carbocycles. The van der Waals surface area contributed by atoms with Crippen molar-refractivity contribution in [2.75, 3.05) is 13.6 Å². The molecular formula is C25H35N3O4S. The van der Waals surface area contributed by atoms with E-state index in [4.69, 9.17) is 0 Å². The van der Waals surface area contributed by atoms with Crippen LogP contribution < -0.4 is 5.32 Å². The van der Waals surface area contributed by atoms with Gasteiger partial charge >= 0.3 is 0 Å². The summed E-state index contributed by atoms with van der Waals surface area (Å²) < 4.78 is 27.0. The molecule has 0 radical (unpaired) electrons. The second-order valence-electron chi connectivity index (χ2n) is 9.50. The minimum absolute atomic E-state index is 0.118. The molecule has 8 heteroatoms. The molecule has 0 spiro atoms. The summed E-state index contributed by atoms with van der Waals surface area (Å²) in [4.78, 5) is 27.7. The Labute approximate surface area is 197 Å². The van der Waals surface area contributed by atoms with Crippen LogP contribution >= 0.6 is 0 Å². The molecule has 1 unspecified atom stereocenters. The van der Waals surface area contributed by atoms with Crippen molar-refractivity contribution in [3.8, 4) is 0 Å². The molecule has 2 aromatic carbocycles. The molecule has 0 aliphatic carbocycles. The molecule has 0 fully saturated rings. The lowest BCUT2D eigenvalue weighted by molar-refractivity contribution is -0.141. The fraction of sp³-hybridized carbons (Fsp3) is 0.440. The number of carbonyl (C=O) groups excluding carboxylic acids is 2. The highest BCUT2D eigenvalue weighted by atomic mass is 32.2. The first-order valence-electron chi connectivity index (χ1n) is 10.9. The second-order valence-corrected chi connectivity index (χ2v) is 11.5. The van der Waals surface area contributed by atoms with E-state index in [0.717, 1.165) is 21.0 Å². The maximum absolute atomic E-state index is 13.3. The Balaban J connectivity index is 2.28. The number of aryl methyl sites for hydroxylation is 2. The molecule has 180 valence electrons. The van der Waals surface area contributed by atoms with Gasteiger partial charge in [-0.1, -0.05) is 47.5 Å². The summed E-state index contributed by atoms with van der Waals surface area (Å²) in [5.41, 5.74) is 2.42. The zero-order chi connectivity index (χ0) is 25.0. The Morgan fingerprint density at radius 2 is 1.42 bits per heavy atom. The Morgan fingerprint density at radius 3 is 1.91 bits per heavy atom. The van der Waals surface area contributed by atoms with Gasteiger partial charge in [0.15, 0.2) is 0 Å². The standard InChI is InChI=1S/C25H35N3O4S/c1-18-8-12-21(13-9-18)16-28(20(3)24(30)26-25(4,5)6)23(29)17-27(7)33(31,32)22-14-10-19(2)11-15-22/h8-15,20H,16-17H2,1-7H3,(H,26,30). The second kappa shape index (κ2) is 10.5. The fourth-order valence-electron chi connectivity index (χ4n) is 3.20. The first-order valence-corrected chi connectivity index (χ1v) is 12.3. The number of sulfonamides is 1. The van der Waals surface area contributed by atoms with Gasteiger partial charge in [0, 0.05) is 19.1 Å². The van der Waals surface area contributed by atoms with Crippen molar-refractivity contribution in [2.45, 2.75) is 64.6 Å². The predicted molar refractivity (Wildman–Crippen MR) is 130 cm³/mol. The lowest BCUT2D eigenvalue weighted by atomic mass is 10.1. The van der Waals surface area contributed by atoms with Gasteiger partial charge in [-0.05, 0) is 59.2 Å². The van der Waals surface area contributed by atoms with Crippen LogP contribution in [0.25, 0.3) is 0 Å². The molecule has 0 saturated heterocycles. The van der Waals surface area contributed by atoms with Crippen LogP contribution in [0.1, 0.15) is 44.4 Å². The minimum atomic E-state index is -3.85. The number of nitrogens with zero attached hydrogens (tertiary/aromatic N) is 2. The molecular weight excluding hydrogens is 438 g/mol. The molecule has 0 aliphatic heterocycles. The molecule has 0 aliphatic rings. The first kappa shape index (κ1) is 26.5. The third-order valence-electron chi connectivity index (χ3n) is 5.23. The van der Waals surface area contributed by atoms with Gasteiger partial charge in [-0.2, -0.15) is 4.31 Å². The minimum Gasteiger partial charge on any atom is -0.350 e. The van der Waals surface area contributed by atoms with Gasteiger partial charge in [-0.3, -0.25) is 9.59 Å². The first-order chi connectivity index (χ1) is 15.2. The van der Waals surface area contributed by atoms with Crippen LogP contribution in [0.5, 0.6) is 0 Å². The monoisotopic (exact) mass is 473 g/mol. The summed E-state index contributed by atoms with van der Waals surface area (Å²) in [6, 6.07) is 13.4. The lowest BCUT2D eigenvalue weighted by Crippen LogP contribution is -2.54. The van der Waals surface area contributed by atoms with E-state index in [1.54, 1.807) is 19.1 Å². The number of nitrogens with one attached hydrogen (secondary N) is 1. The van der Waals surface area contributed by atoms with Crippen molar-refractivity contribution >= 4 is 21.8 Å². The largest absolute Gasteiger partial charge is 0.350 e.